The van der Waals surface area contributed by atoms with Crippen molar-refractivity contribution >= 4 is 24.3 Å². The second-order valence-corrected chi connectivity index (χ2v) is 7.83. The van der Waals surface area contributed by atoms with Crippen LogP contribution in [-0.2, 0) is 25.5 Å². The summed E-state index contributed by atoms with van der Waals surface area (Å²) < 4.78 is 15.6. The van der Waals surface area contributed by atoms with Gasteiger partial charge in [0.15, 0.2) is 0 Å². The minimum atomic E-state index is -0.448. The van der Waals surface area contributed by atoms with Crippen molar-refractivity contribution in [2.75, 3.05) is 13.7 Å². The summed E-state index contributed by atoms with van der Waals surface area (Å²) in [4.78, 5) is 32.8. The molecular weight excluding hydrogens is 468 g/mol. The number of benzene rings is 3. The van der Waals surface area contributed by atoms with E-state index < -0.39 is 11.9 Å². The van der Waals surface area contributed by atoms with E-state index in [9.17, 15) is 9.59 Å². The molecule has 0 saturated carbocycles. The smallest absolute Gasteiger partial charge is 0.338 e. The van der Waals surface area contributed by atoms with Crippen molar-refractivity contribution in [3.63, 3.8) is 0 Å². The molecule has 0 atom stereocenters. The lowest BCUT2D eigenvalue weighted by molar-refractivity contribution is -0.130. The van der Waals surface area contributed by atoms with E-state index in [-0.39, 0.29) is 0 Å². The highest BCUT2D eigenvalue weighted by atomic mass is 16.5. The molecule has 0 saturated heterocycles. The average molecular weight is 499 g/mol. The fraction of sp³-hybridized carbons (Fsp3) is 0.129. The normalized spacial score (nSPS) is 10.1. The molecule has 0 N–H and O–H groups in total. The van der Waals surface area contributed by atoms with E-state index in [1.807, 2.05) is 48.5 Å². The first-order valence-corrected chi connectivity index (χ1v) is 11.5. The molecule has 3 rings (SSSR count). The highest BCUT2D eigenvalue weighted by molar-refractivity contribution is 5.89. The first-order valence-electron chi connectivity index (χ1n) is 11.5. The van der Waals surface area contributed by atoms with Crippen LogP contribution < -0.4 is 9.47 Å². The van der Waals surface area contributed by atoms with E-state index in [2.05, 4.69) is 13.2 Å². The first kappa shape index (κ1) is 28.7. The summed E-state index contributed by atoms with van der Waals surface area (Å²) in [7, 11) is 1.67. The highest BCUT2D eigenvalue weighted by Crippen LogP contribution is 2.23. The minimum Gasteiger partial charge on any atom is -0.423 e. The summed E-state index contributed by atoms with van der Waals surface area (Å²) in [5.74, 6) is 0.0769. The number of carbonyl (C=O) groups excluding carboxylic acids is 3. The van der Waals surface area contributed by atoms with Gasteiger partial charge in [0.25, 0.3) is 0 Å². The van der Waals surface area contributed by atoms with Crippen LogP contribution in [0.2, 0.25) is 0 Å². The second-order valence-electron chi connectivity index (χ2n) is 7.83. The van der Waals surface area contributed by atoms with Crippen LogP contribution in [0.4, 0.5) is 0 Å². The Bertz CT molecular complexity index is 1210. The fourth-order valence-electron chi connectivity index (χ4n) is 2.95. The zero-order valence-corrected chi connectivity index (χ0v) is 21.0. The van der Waals surface area contributed by atoms with Gasteiger partial charge < -0.3 is 14.2 Å². The molecule has 0 bridgehead atoms. The summed E-state index contributed by atoms with van der Waals surface area (Å²) in [6, 6.07) is 22.4. The Morgan fingerprint density at radius 3 is 1.86 bits per heavy atom. The van der Waals surface area contributed by atoms with Crippen LogP contribution in [0.1, 0.15) is 18.1 Å². The number of esters is 2. The summed E-state index contributed by atoms with van der Waals surface area (Å²) in [5.41, 5.74) is 4.32. The molecule has 190 valence electrons. The quantitative estimate of drug-likeness (QED) is 0.147. The fourth-order valence-corrected chi connectivity index (χ4v) is 2.95. The van der Waals surface area contributed by atoms with E-state index >= 15 is 0 Å². The molecule has 0 radical (unpaired) electrons. The number of carbonyl (C=O) groups is 3. The van der Waals surface area contributed by atoms with Gasteiger partial charge in [-0.1, -0.05) is 61.7 Å². The third kappa shape index (κ3) is 10.3. The molecule has 0 spiro atoms. The Hall–Kier alpha value is -4.55. The topological polar surface area (TPSA) is 78.9 Å². The number of aldehydes is 1. The average Bonchev–Trinajstić information content (AvgIpc) is 2.92. The Labute approximate surface area is 217 Å². The molecule has 0 amide bonds. The predicted molar refractivity (Wildman–Crippen MR) is 145 cm³/mol. The molecule has 6 nitrogen and oxygen atoms in total. The maximum atomic E-state index is 12.1. The molecule has 0 heterocycles. The van der Waals surface area contributed by atoms with Gasteiger partial charge in [-0.2, -0.15) is 0 Å². The molecule has 37 heavy (non-hydrogen) atoms. The minimum absolute atomic E-state index is 0.349. The van der Waals surface area contributed by atoms with Crippen LogP contribution in [0.3, 0.4) is 0 Å². The lowest BCUT2D eigenvalue weighted by atomic mass is 10.0. The lowest BCUT2D eigenvalue weighted by Gasteiger charge is -2.06. The Morgan fingerprint density at radius 1 is 0.838 bits per heavy atom. The van der Waals surface area contributed by atoms with E-state index in [1.165, 1.54) is 12.2 Å². The summed E-state index contributed by atoms with van der Waals surface area (Å²) in [5, 5.41) is 0. The van der Waals surface area contributed by atoms with Crippen LogP contribution in [0, 0.1) is 0 Å². The van der Waals surface area contributed by atoms with Crippen molar-refractivity contribution in [2.45, 2.75) is 13.3 Å². The zero-order valence-electron chi connectivity index (χ0n) is 21.0. The van der Waals surface area contributed by atoms with Gasteiger partial charge in [0.2, 0.25) is 0 Å². The van der Waals surface area contributed by atoms with Gasteiger partial charge in [-0.3, -0.25) is 4.79 Å². The van der Waals surface area contributed by atoms with Gasteiger partial charge in [-0.05, 0) is 72.0 Å². The molecular formula is C31H30O6. The first-order chi connectivity index (χ1) is 17.9. The largest absolute Gasteiger partial charge is 0.423 e. The van der Waals surface area contributed by atoms with Crippen molar-refractivity contribution in [1.82, 2.24) is 0 Å². The van der Waals surface area contributed by atoms with Crippen LogP contribution in [-0.4, -0.2) is 31.9 Å². The number of hydrogen-bond acceptors (Lipinski definition) is 6. The van der Waals surface area contributed by atoms with Gasteiger partial charge >= 0.3 is 11.9 Å². The van der Waals surface area contributed by atoms with Crippen LogP contribution in [0.15, 0.2) is 104 Å². The van der Waals surface area contributed by atoms with E-state index in [4.69, 9.17) is 19.0 Å². The molecule has 0 aliphatic carbocycles. The molecule has 6 heteroatoms. The van der Waals surface area contributed by atoms with Gasteiger partial charge in [0.05, 0.1) is 6.61 Å². The highest BCUT2D eigenvalue weighted by Gasteiger charge is 2.06. The molecule has 3 aromatic rings. The monoisotopic (exact) mass is 498 g/mol. The second kappa shape index (κ2) is 15.4. The standard InChI is InChI=1S/C28H26O5.C3H4O/c1-20(2)28(30)33-26-15-11-24(12-16-26)23-9-4-21(5-10-23)8-17-27(29)32-25-13-6-22(7-14-25)18-19-31-3;1-2-3-4/h4-17H,1,18-19H2,2-3H3;2-3H,1H2/b17-8-;. The predicted octanol–water partition coefficient (Wildman–Crippen LogP) is 6.01. The van der Waals surface area contributed by atoms with Crippen molar-refractivity contribution in [3.05, 3.63) is 115 Å². The van der Waals surface area contributed by atoms with Gasteiger partial charge in [-0.25, -0.2) is 9.59 Å². The van der Waals surface area contributed by atoms with Gasteiger partial charge in [-0.15, -0.1) is 0 Å². The lowest BCUT2D eigenvalue weighted by Crippen LogP contribution is -2.07. The van der Waals surface area contributed by atoms with Gasteiger partial charge in [0.1, 0.15) is 17.8 Å². The SMILES string of the molecule is C=C(C)C(=O)Oc1ccc(-c2ccc(/C=C\C(=O)Oc3ccc(CCOC)cc3)cc2)cc1.C=CC=O. The number of hydrogen-bond donors (Lipinski definition) is 0. The summed E-state index contributed by atoms with van der Waals surface area (Å²) in [6.07, 6.45) is 5.76. The van der Waals surface area contributed by atoms with Crippen LogP contribution in [0.25, 0.3) is 17.2 Å². The Morgan fingerprint density at radius 2 is 1.35 bits per heavy atom. The number of ether oxygens (including phenoxy) is 3. The number of allylic oxidation sites excluding steroid dienone is 1. The Kier molecular flexibility index (Phi) is 12.0. The Balaban J connectivity index is 0.00000112. The number of methoxy groups -OCH3 is 1. The van der Waals surface area contributed by atoms with Crippen molar-refractivity contribution < 1.29 is 28.6 Å². The van der Waals surface area contributed by atoms with Crippen molar-refractivity contribution in [3.8, 4) is 22.6 Å². The molecule has 0 fully saturated rings. The van der Waals surface area contributed by atoms with E-state index in [0.717, 1.165) is 28.7 Å². The molecule has 0 unspecified atom stereocenters. The molecule has 0 aliphatic rings. The van der Waals surface area contributed by atoms with E-state index in [1.54, 1.807) is 44.4 Å². The maximum absolute atomic E-state index is 12.1. The summed E-state index contributed by atoms with van der Waals surface area (Å²) >= 11 is 0. The maximum Gasteiger partial charge on any atom is 0.338 e. The molecule has 0 aliphatic heterocycles. The van der Waals surface area contributed by atoms with E-state index in [0.29, 0.717) is 30.0 Å². The number of rotatable bonds is 10. The van der Waals surface area contributed by atoms with Gasteiger partial charge in [0, 0.05) is 18.8 Å². The van der Waals surface area contributed by atoms with Crippen molar-refractivity contribution in [1.29, 1.82) is 0 Å². The molecule has 0 aromatic heterocycles. The molecule has 3 aromatic carbocycles. The van der Waals surface area contributed by atoms with Crippen LogP contribution >= 0.6 is 0 Å². The van der Waals surface area contributed by atoms with Crippen LogP contribution in [0.5, 0.6) is 11.5 Å². The third-order valence-corrected chi connectivity index (χ3v) is 4.90. The van der Waals surface area contributed by atoms with Crippen molar-refractivity contribution in [2.24, 2.45) is 0 Å². The summed E-state index contributed by atoms with van der Waals surface area (Å²) in [6.45, 7) is 8.94. The zero-order chi connectivity index (χ0) is 27.0. The third-order valence-electron chi connectivity index (χ3n) is 4.90.